The zero-order valence-corrected chi connectivity index (χ0v) is 14.9. The van der Waals surface area contributed by atoms with Gasteiger partial charge in [-0.1, -0.05) is 48.5 Å². The van der Waals surface area contributed by atoms with Crippen LogP contribution in [0.15, 0.2) is 60.7 Å². The highest BCUT2D eigenvalue weighted by Crippen LogP contribution is 2.36. The number of rotatable bonds is 2. The van der Waals surface area contributed by atoms with Crippen LogP contribution >= 0.6 is 0 Å². The first-order chi connectivity index (χ1) is 12.7. The van der Waals surface area contributed by atoms with Crippen LogP contribution in [0.4, 0.5) is 4.79 Å². The lowest BCUT2D eigenvalue weighted by Crippen LogP contribution is -2.38. The Morgan fingerprint density at radius 3 is 2.58 bits per heavy atom. The lowest BCUT2D eigenvalue weighted by molar-refractivity contribution is 0.116. The molecule has 26 heavy (non-hydrogen) atoms. The minimum absolute atomic E-state index is 0.105. The normalized spacial score (nSPS) is 16.2. The standard InChI is InChI=1S/C22H21NO3/c1-25-19-9-10-20-18(12-19)13-23(22(24)26-2)14-21(20)17-8-7-15-5-3-4-6-16(15)11-17/h3-12,21H,13-14H2,1-2H3. The summed E-state index contributed by atoms with van der Waals surface area (Å²) in [4.78, 5) is 13.9. The molecule has 0 N–H and O–H groups in total. The van der Waals surface area contributed by atoms with Gasteiger partial charge in [0.1, 0.15) is 5.75 Å². The number of fused-ring (bicyclic) bond motifs is 2. The van der Waals surface area contributed by atoms with Gasteiger partial charge in [-0.25, -0.2) is 4.79 Å². The van der Waals surface area contributed by atoms with E-state index in [2.05, 4.69) is 36.4 Å². The van der Waals surface area contributed by atoms with Crippen LogP contribution in [0.25, 0.3) is 10.8 Å². The zero-order valence-electron chi connectivity index (χ0n) is 14.9. The average molecular weight is 347 g/mol. The molecule has 4 heteroatoms. The van der Waals surface area contributed by atoms with Gasteiger partial charge in [-0.05, 0) is 39.6 Å². The summed E-state index contributed by atoms with van der Waals surface area (Å²) < 4.78 is 10.3. The van der Waals surface area contributed by atoms with Gasteiger partial charge >= 0.3 is 6.09 Å². The van der Waals surface area contributed by atoms with Crippen LogP contribution in [0.1, 0.15) is 22.6 Å². The number of carbonyl (C=O) groups is 1. The SMILES string of the molecule is COC(=O)N1Cc2cc(OC)ccc2C(c2ccc3ccccc3c2)C1. The molecule has 3 aromatic carbocycles. The molecular formula is C22H21NO3. The summed E-state index contributed by atoms with van der Waals surface area (Å²) in [6.07, 6.45) is -0.302. The number of methoxy groups -OCH3 is 2. The van der Waals surface area contributed by atoms with E-state index in [1.54, 1.807) is 12.0 Å². The lowest BCUT2D eigenvalue weighted by atomic mass is 9.84. The highest BCUT2D eigenvalue weighted by Gasteiger charge is 2.30. The molecule has 1 unspecified atom stereocenters. The molecule has 0 bridgehead atoms. The van der Waals surface area contributed by atoms with Gasteiger partial charge in [-0.2, -0.15) is 0 Å². The Balaban J connectivity index is 1.81. The Kier molecular flexibility index (Phi) is 4.25. The molecule has 0 aliphatic carbocycles. The van der Waals surface area contributed by atoms with Crippen LogP contribution in [-0.2, 0) is 11.3 Å². The molecule has 0 spiro atoms. The fourth-order valence-corrected chi connectivity index (χ4v) is 3.75. The van der Waals surface area contributed by atoms with Gasteiger partial charge in [0.2, 0.25) is 0 Å². The molecule has 4 nitrogen and oxygen atoms in total. The summed E-state index contributed by atoms with van der Waals surface area (Å²) in [5, 5.41) is 2.42. The van der Waals surface area contributed by atoms with Crippen molar-refractivity contribution < 1.29 is 14.3 Å². The number of ether oxygens (including phenoxy) is 2. The molecule has 1 atom stereocenters. The highest BCUT2D eigenvalue weighted by atomic mass is 16.5. The summed E-state index contributed by atoms with van der Waals surface area (Å²) in [6, 6.07) is 21.0. The molecule has 4 rings (SSSR count). The minimum Gasteiger partial charge on any atom is -0.497 e. The number of carbonyl (C=O) groups excluding carboxylic acids is 1. The zero-order chi connectivity index (χ0) is 18.1. The summed E-state index contributed by atoms with van der Waals surface area (Å²) in [7, 11) is 3.08. The van der Waals surface area contributed by atoms with Crippen molar-refractivity contribution in [1.82, 2.24) is 4.90 Å². The first-order valence-corrected chi connectivity index (χ1v) is 8.68. The second-order valence-electron chi connectivity index (χ2n) is 6.57. The Bertz CT molecular complexity index is 967. The first-order valence-electron chi connectivity index (χ1n) is 8.68. The molecule has 0 fully saturated rings. The summed E-state index contributed by atoms with van der Waals surface area (Å²) in [6.45, 7) is 1.13. The van der Waals surface area contributed by atoms with Crippen LogP contribution in [0.2, 0.25) is 0 Å². The molecule has 0 saturated carbocycles. The van der Waals surface area contributed by atoms with Gasteiger partial charge in [0.15, 0.2) is 0 Å². The van der Waals surface area contributed by atoms with Crippen LogP contribution in [0, 0.1) is 0 Å². The highest BCUT2D eigenvalue weighted by molar-refractivity contribution is 5.83. The second-order valence-corrected chi connectivity index (χ2v) is 6.57. The number of benzene rings is 3. The molecule has 1 amide bonds. The quantitative estimate of drug-likeness (QED) is 0.682. The van der Waals surface area contributed by atoms with E-state index < -0.39 is 0 Å². The fourth-order valence-electron chi connectivity index (χ4n) is 3.75. The number of nitrogens with zero attached hydrogens (tertiary/aromatic N) is 1. The van der Waals surface area contributed by atoms with E-state index in [9.17, 15) is 4.79 Å². The van der Waals surface area contributed by atoms with Crippen molar-refractivity contribution in [2.24, 2.45) is 0 Å². The molecular weight excluding hydrogens is 326 g/mol. The van der Waals surface area contributed by atoms with E-state index >= 15 is 0 Å². The van der Waals surface area contributed by atoms with E-state index in [1.807, 2.05) is 24.3 Å². The lowest BCUT2D eigenvalue weighted by Gasteiger charge is -2.34. The van der Waals surface area contributed by atoms with Gasteiger partial charge < -0.3 is 14.4 Å². The topological polar surface area (TPSA) is 38.8 Å². The van der Waals surface area contributed by atoms with Gasteiger partial charge in [0, 0.05) is 19.0 Å². The van der Waals surface area contributed by atoms with Crippen molar-refractivity contribution >= 4 is 16.9 Å². The van der Waals surface area contributed by atoms with Gasteiger partial charge in [0.25, 0.3) is 0 Å². The van der Waals surface area contributed by atoms with Crippen LogP contribution in [0.5, 0.6) is 5.75 Å². The summed E-state index contributed by atoms with van der Waals surface area (Å²) >= 11 is 0. The molecule has 1 heterocycles. The molecule has 0 saturated heterocycles. The fraction of sp³-hybridized carbons (Fsp3) is 0.227. The molecule has 1 aliphatic heterocycles. The second kappa shape index (κ2) is 6.71. The van der Waals surface area contributed by atoms with Gasteiger partial charge in [-0.3, -0.25) is 0 Å². The average Bonchev–Trinajstić information content (AvgIpc) is 2.71. The van der Waals surface area contributed by atoms with Crippen LogP contribution in [-0.4, -0.2) is 31.8 Å². The Morgan fingerprint density at radius 2 is 1.81 bits per heavy atom. The summed E-state index contributed by atoms with van der Waals surface area (Å²) in [5.74, 6) is 0.904. The van der Waals surface area contributed by atoms with Gasteiger partial charge in [-0.15, -0.1) is 0 Å². The van der Waals surface area contributed by atoms with Gasteiger partial charge in [0.05, 0.1) is 14.2 Å². The predicted molar refractivity (Wildman–Crippen MR) is 102 cm³/mol. The van der Waals surface area contributed by atoms with Crippen molar-refractivity contribution in [2.45, 2.75) is 12.5 Å². The monoisotopic (exact) mass is 347 g/mol. The number of hydrogen-bond donors (Lipinski definition) is 0. The van der Waals surface area contributed by atoms with E-state index in [0.717, 1.165) is 11.3 Å². The van der Waals surface area contributed by atoms with Crippen molar-refractivity contribution in [1.29, 1.82) is 0 Å². The predicted octanol–water partition coefficient (Wildman–Crippen LogP) is 4.56. The molecule has 3 aromatic rings. The maximum atomic E-state index is 12.2. The number of amides is 1. The van der Waals surface area contributed by atoms with Crippen molar-refractivity contribution in [3.05, 3.63) is 77.4 Å². The largest absolute Gasteiger partial charge is 0.497 e. The van der Waals surface area contributed by atoms with Crippen molar-refractivity contribution in [3.8, 4) is 5.75 Å². The third-order valence-electron chi connectivity index (χ3n) is 5.10. The minimum atomic E-state index is -0.302. The Labute approximate surface area is 153 Å². The number of hydrogen-bond acceptors (Lipinski definition) is 3. The maximum absolute atomic E-state index is 12.2. The van der Waals surface area contributed by atoms with Crippen LogP contribution < -0.4 is 4.74 Å². The van der Waals surface area contributed by atoms with E-state index in [-0.39, 0.29) is 12.0 Å². The molecule has 1 aliphatic rings. The first kappa shape index (κ1) is 16.5. The third kappa shape index (κ3) is 2.88. The van der Waals surface area contributed by atoms with E-state index in [1.165, 1.54) is 29.0 Å². The third-order valence-corrected chi connectivity index (χ3v) is 5.10. The Morgan fingerprint density at radius 1 is 1.00 bits per heavy atom. The van der Waals surface area contributed by atoms with Crippen molar-refractivity contribution in [3.63, 3.8) is 0 Å². The van der Waals surface area contributed by atoms with Crippen molar-refractivity contribution in [2.75, 3.05) is 20.8 Å². The maximum Gasteiger partial charge on any atom is 0.409 e. The summed E-state index contributed by atoms with van der Waals surface area (Å²) in [5.41, 5.74) is 3.53. The Hall–Kier alpha value is -3.01. The smallest absolute Gasteiger partial charge is 0.409 e. The molecule has 132 valence electrons. The van der Waals surface area contributed by atoms with Crippen LogP contribution in [0.3, 0.4) is 0 Å². The molecule has 0 radical (unpaired) electrons. The van der Waals surface area contributed by atoms with E-state index in [4.69, 9.17) is 9.47 Å². The van der Waals surface area contributed by atoms with E-state index in [0.29, 0.717) is 13.1 Å². The molecule has 0 aromatic heterocycles.